The van der Waals surface area contributed by atoms with E-state index in [-0.39, 0.29) is 11.8 Å². The lowest BCUT2D eigenvalue weighted by molar-refractivity contribution is -0.120. The molecule has 2 nitrogen and oxygen atoms in total. The Morgan fingerprint density at radius 1 is 1.70 bits per heavy atom. The number of nitrogens with zero attached hydrogens (tertiary/aromatic N) is 1. The fraction of sp³-hybridized carbons (Fsp3) is 0.857. The summed E-state index contributed by atoms with van der Waals surface area (Å²) in [6.45, 7) is 2.65. The highest BCUT2D eigenvalue weighted by molar-refractivity contribution is 9.09. The summed E-state index contributed by atoms with van der Waals surface area (Å²) < 4.78 is 0. The van der Waals surface area contributed by atoms with Gasteiger partial charge in [-0.25, -0.2) is 0 Å². The molecule has 1 heterocycles. The molecule has 10 heavy (non-hydrogen) atoms. The van der Waals surface area contributed by atoms with Crippen molar-refractivity contribution >= 4 is 21.7 Å². The number of halogens is 1. The number of likely N-dealkylation sites (tertiary alicyclic amines) is 1. The molecule has 1 aliphatic heterocycles. The van der Waals surface area contributed by atoms with Crippen molar-refractivity contribution in [1.82, 2.24) is 4.90 Å². The van der Waals surface area contributed by atoms with Gasteiger partial charge in [0.25, 0.3) is 0 Å². The first kappa shape index (κ1) is 8.21. The lowest BCUT2D eigenvalue weighted by Gasteiger charge is -2.14. The van der Waals surface area contributed by atoms with Crippen LogP contribution < -0.4 is 0 Å². The van der Waals surface area contributed by atoms with Crippen molar-refractivity contribution < 1.29 is 4.79 Å². The number of alkyl halides is 1. The molecule has 1 fully saturated rings. The lowest BCUT2D eigenvalue weighted by atomic mass is 10.1. The number of rotatable bonds is 1. The van der Waals surface area contributed by atoms with Crippen LogP contribution in [0.25, 0.3) is 0 Å². The molecule has 58 valence electrons. The molecule has 0 unspecified atom stereocenters. The number of hydrogen-bond donors (Lipinski definition) is 0. The Hall–Kier alpha value is 0.110. The molecule has 0 saturated carbocycles. The Balaban J connectivity index is 2.54. The number of Topliss-reactive ketones (excluding diaryl/α,β-unsaturated/α-hetero) is 1. The van der Waals surface area contributed by atoms with Crippen molar-refractivity contribution in [3.05, 3.63) is 0 Å². The Labute approximate surface area is 69.7 Å². The van der Waals surface area contributed by atoms with Gasteiger partial charge in [-0.05, 0) is 20.4 Å². The smallest absolute Gasteiger partial charge is 0.146 e. The summed E-state index contributed by atoms with van der Waals surface area (Å²) in [6.07, 6.45) is 0.964. The zero-order valence-electron chi connectivity index (χ0n) is 6.30. The van der Waals surface area contributed by atoms with Gasteiger partial charge in [-0.3, -0.25) is 9.69 Å². The summed E-state index contributed by atoms with van der Waals surface area (Å²) in [7, 11) is 1.99. The van der Waals surface area contributed by atoms with E-state index in [1.807, 2.05) is 7.05 Å². The molecule has 0 N–H and O–H groups in total. The van der Waals surface area contributed by atoms with E-state index in [0.29, 0.717) is 4.83 Å². The number of hydrogen-bond acceptors (Lipinski definition) is 2. The summed E-state index contributed by atoms with van der Waals surface area (Å²) in [5, 5.41) is 0. The lowest BCUT2D eigenvalue weighted by Crippen LogP contribution is -2.30. The molecule has 0 radical (unpaired) electrons. The van der Waals surface area contributed by atoms with Crippen molar-refractivity contribution in [3.8, 4) is 0 Å². The molecule has 0 spiro atoms. The molecule has 3 heteroatoms. The Morgan fingerprint density at radius 3 is 2.50 bits per heavy atom. The number of carbonyl (C=O) groups is 1. The second kappa shape index (κ2) is 3.01. The van der Waals surface area contributed by atoms with E-state index in [1.165, 1.54) is 0 Å². The van der Waals surface area contributed by atoms with Crippen LogP contribution in [0.4, 0.5) is 0 Å². The molecule has 0 bridgehead atoms. The second-order valence-corrected chi connectivity index (χ2v) is 4.19. The van der Waals surface area contributed by atoms with Gasteiger partial charge in [-0.1, -0.05) is 15.9 Å². The molecule has 2 atom stereocenters. The Morgan fingerprint density at radius 2 is 2.30 bits per heavy atom. The van der Waals surface area contributed by atoms with Crippen LogP contribution in [0.3, 0.4) is 0 Å². The molecular weight excluding hydrogens is 194 g/mol. The summed E-state index contributed by atoms with van der Waals surface area (Å²) in [5.41, 5.74) is 0. The van der Waals surface area contributed by atoms with Crippen LogP contribution in [0.15, 0.2) is 0 Å². The number of carbonyl (C=O) groups excluding carboxylic acids is 1. The van der Waals surface area contributed by atoms with Crippen molar-refractivity contribution in [2.45, 2.75) is 24.2 Å². The van der Waals surface area contributed by atoms with Gasteiger partial charge in [0.05, 0.1) is 6.04 Å². The van der Waals surface area contributed by atoms with E-state index in [4.69, 9.17) is 0 Å². The molecule has 0 amide bonds. The summed E-state index contributed by atoms with van der Waals surface area (Å²) in [5.74, 6) is 0.282. The predicted octanol–water partition coefficient (Wildman–Crippen LogP) is 1.04. The van der Waals surface area contributed by atoms with Crippen LogP contribution in [-0.2, 0) is 4.79 Å². The third-order valence-corrected chi connectivity index (χ3v) is 2.63. The maximum absolute atomic E-state index is 10.9. The molecule has 0 aromatic carbocycles. The SMILES string of the molecule is CC(=O)[C@@H]1C[C@H](Br)CN1C. The first-order valence-electron chi connectivity index (χ1n) is 3.46. The molecule has 1 saturated heterocycles. The molecule has 0 aromatic heterocycles. The van der Waals surface area contributed by atoms with Crippen molar-refractivity contribution in [1.29, 1.82) is 0 Å². The maximum atomic E-state index is 10.9. The standard InChI is InChI=1S/C7H12BrNO/c1-5(10)7-3-6(8)4-9(7)2/h6-7H,3-4H2,1-2H3/t6-,7-/m0/s1. The summed E-state index contributed by atoms with van der Waals surface area (Å²) in [4.78, 5) is 13.5. The van der Waals surface area contributed by atoms with E-state index < -0.39 is 0 Å². The fourth-order valence-electron chi connectivity index (χ4n) is 1.41. The van der Waals surface area contributed by atoms with Crippen LogP contribution in [-0.4, -0.2) is 35.1 Å². The highest BCUT2D eigenvalue weighted by Crippen LogP contribution is 2.21. The van der Waals surface area contributed by atoms with Gasteiger partial charge in [0.1, 0.15) is 5.78 Å². The first-order chi connectivity index (χ1) is 4.61. The zero-order valence-corrected chi connectivity index (χ0v) is 7.89. The minimum Gasteiger partial charge on any atom is -0.298 e. The van der Waals surface area contributed by atoms with Gasteiger partial charge < -0.3 is 0 Å². The van der Waals surface area contributed by atoms with Crippen molar-refractivity contribution in [2.75, 3.05) is 13.6 Å². The van der Waals surface area contributed by atoms with Crippen LogP contribution >= 0.6 is 15.9 Å². The quantitative estimate of drug-likeness (QED) is 0.597. The maximum Gasteiger partial charge on any atom is 0.146 e. The molecule has 0 aliphatic carbocycles. The van der Waals surface area contributed by atoms with Crippen LogP contribution in [0.1, 0.15) is 13.3 Å². The number of ketones is 1. The van der Waals surface area contributed by atoms with E-state index in [2.05, 4.69) is 20.8 Å². The molecular formula is C7H12BrNO. The van der Waals surface area contributed by atoms with E-state index in [0.717, 1.165) is 13.0 Å². The van der Waals surface area contributed by atoms with Gasteiger partial charge in [0.2, 0.25) is 0 Å². The van der Waals surface area contributed by atoms with Crippen LogP contribution in [0.2, 0.25) is 0 Å². The monoisotopic (exact) mass is 205 g/mol. The molecule has 1 aliphatic rings. The third kappa shape index (κ3) is 1.58. The van der Waals surface area contributed by atoms with Gasteiger partial charge in [-0.15, -0.1) is 0 Å². The summed E-state index contributed by atoms with van der Waals surface area (Å²) in [6, 6.07) is 0.157. The summed E-state index contributed by atoms with van der Waals surface area (Å²) >= 11 is 3.49. The fourth-order valence-corrected chi connectivity index (χ4v) is 2.22. The van der Waals surface area contributed by atoms with Gasteiger partial charge in [0.15, 0.2) is 0 Å². The predicted molar refractivity (Wildman–Crippen MR) is 44.4 cm³/mol. The van der Waals surface area contributed by atoms with Crippen molar-refractivity contribution in [2.24, 2.45) is 0 Å². The average molecular weight is 206 g/mol. The first-order valence-corrected chi connectivity index (χ1v) is 4.37. The highest BCUT2D eigenvalue weighted by atomic mass is 79.9. The second-order valence-electron chi connectivity index (χ2n) is 2.90. The van der Waals surface area contributed by atoms with Crippen molar-refractivity contribution in [3.63, 3.8) is 0 Å². The topological polar surface area (TPSA) is 20.3 Å². The zero-order chi connectivity index (χ0) is 7.72. The van der Waals surface area contributed by atoms with Gasteiger partial charge >= 0.3 is 0 Å². The van der Waals surface area contributed by atoms with Gasteiger partial charge in [-0.2, -0.15) is 0 Å². The van der Waals surface area contributed by atoms with E-state index >= 15 is 0 Å². The average Bonchev–Trinajstić information content (AvgIpc) is 2.10. The Bertz CT molecular complexity index is 149. The third-order valence-electron chi connectivity index (χ3n) is 1.97. The highest BCUT2D eigenvalue weighted by Gasteiger charge is 2.30. The van der Waals surface area contributed by atoms with Gasteiger partial charge in [0, 0.05) is 11.4 Å². The van der Waals surface area contributed by atoms with E-state index in [9.17, 15) is 4.79 Å². The van der Waals surface area contributed by atoms with Crippen LogP contribution in [0, 0.1) is 0 Å². The van der Waals surface area contributed by atoms with Crippen LogP contribution in [0.5, 0.6) is 0 Å². The molecule has 1 rings (SSSR count). The number of likely N-dealkylation sites (N-methyl/N-ethyl adjacent to an activating group) is 1. The minimum absolute atomic E-state index is 0.157. The largest absolute Gasteiger partial charge is 0.298 e. The normalized spacial score (nSPS) is 34.7. The Kier molecular flexibility index (Phi) is 2.47. The molecule has 0 aromatic rings. The minimum atomic E-state index is 0.157. The van der Waals surface area contributed by atoms with E-state index in [1.54, 1.807) is 6.92 Å².